The Morgan fingerprint density at radius 2 is 1.77 bits per heavy atom. The number of hydrogen-bond donors (Lipinski definition) is 1. The minimum atomic E-state index is -0.0893. The van der Waals surface area contributed by atoms with Crippen LogP contribution in [0.2, 0.25) is 0 Å². The predicted molar refractivity (Wildman–Crippen MR) is 102 cm³/mol. The zero-order valence-electron chi connectivity index (χ0n) is 14.6. The van der Waals surface area contributed by atoms with Gasteiger partial charge in [0, 0.05) is 36.5 Å². The van der Waals surface area contributed by atoms with E-state index in [1.54, 1.807) is 18.5 Å². The second-order valence-corrected chi connectivity index (χ2v) is 6.79. The molecular formula is C21H22N4O. The van der Waals surface area contributed by atoms with Gasteiger partial charge in [-0.2, -0.15) is 0 Å². The number of aromatic nitrogens is 3. The number of benzene rings is 1. The molecule has 0 atom stereocenters. The molecule has 0 bridgehead atoms. The third kappa shape index (κ3) is 3.89. The van der Waals surface area contributed by atoms with Gasteiger partial charge in [-0.05, 0) is 43.6 Å². The smallest absolute Gasteiger partial charge is 0.251 e. The number of likely N-dealkylation sites (tertiary alicyclic amines) is 1. The van der Waals surface area contributed by atoms with Crippen molar-refractivity contribution >= 4 is 0 Å². The van der Waals surface area contributed by atoms with Crippen LogP contribution in [-0.2, 0) is 6.54 Å². The van der Waals surface area contributed by atoms with E-state index in [1.165, 1.54) is 5.56 Å². The van der Waals surface area contributed by atoms with Crippen molar-refractivity contribution in [3.8, 4) is 11.4 Å². The second kappa shape index (κ2) is 7.62. The summed E-state index contributed by atoms with van der Waals surface area (Å²) in [4.78, 5) is 26.2. The molecule has 0 aliphatic carbocycles. The molecule has 5 heteroatoms. The first-order valence-corrected chi connectivity index (χ1v) is 9.06. The molecule has 1 aliphatic rings. The van der Waals surface area contributed by atoms with E-state index in [0.717, 1.165) is 43.7 Å². The van der Waals surface area contributed by atoms with Crippen LogP contribution in [0.25, 0.3) is 11.4 Å². The van der Waals surface area contributed by atoms with Crippen molar-refractivity contribution < 1.29 is 0 Å². The maximum absolute atomic E-state index is 12.1. The van der Waals surface area contributed by atoms with E-state index in [4.69, 9.17) is 4.98 Å². The summed E-state index contributed by atoms with van der Waals surface area (Å²) in [6, 6.07) is 16.0. The summed E-state index contributed by atoms with van der Waals surface area (Å²) in [5.74, 6) is 0.964. The first-order chi connectivity index (χ1) is 12.8. The summed E-state index contributed by atoms with van der Waals surface area (Å²) in [6.07, 6.45) is 5.48. The Labute approximate surface area is 152 Å². The first kappa shape index (κ1) is 16.7. The molecule has 3 heterocycles. The van der Waals surface area contributed by atoms with Crippen LogP contribution in [0.15, 0.2) is 65.7 Å². The second-order valence-electron chi connectivity index (χ2n) is 6.79. The number of H-pyrrole nitrogens is 1. The summed E-state index contributed by atoms with van der Waals surface area (Å²) in [7, 11) is 0. The fourth-order valence-corrected chi connectivity index (χ4v) is 3.56. The highest BCUT2D eigenvalue weighted by Gasteiger charge is 2.22. The zero-order valence-corrected chi connectivity index (χ0v) is 14.6. The molecule has 26 heavy (non-hydrogen) atoms. The third-order valence-corrected chi connectivity index (χ3v) is 4.97. The molecule has 0 unspecified atom stereocenters. The Hall–Kier alpha value is -2.79. The molecule has 0 saturated carbocycles. The van der Waals surface area contributed by atoms with Crippen LogP contribution < -0.4 is 5.56 Å². The lowest BCUT2D eigenvalue weighted by atomic mass is 9.93. The maximum Gasteiger partial charge on any atom is 0.251 e. The first-order valence-electron chi connectivity index (χ1n) is 9.06. The van der Waals surface area contributed by atoms with Crippen molar-refractivity contribution in [3.63, 3.8) is 0 Å². The fourth-order valence-electron chi connectivity index (χ4n) is 3.56. The van der Waals surface area contributed by atoms with E-state index in [0.29, 0.717) is 11.7 Å². The fraction of sp³-hybridized carbons (Fsp3) is 0.286. The molecule has 0 amide bonds. The normalized spacial score (nSPS) is 15.8. The van der Waals surface area contributed by atoms with Crippen LogP contribution in [0.4, 0.5) is 0 Å². The van der Waals surface area contributed by atoms with Gasteiger partial charge in [0.25, 0.3) is 5.56 Å². The number of nitrogens with zero attached hydrogens (tertiary/aromatic N) is 3. The highest BCUT2D eigenvalue weighted by Crippen LogP contribution is 2.27. The lowest BCUT2D eigenvalue weighted by Crippen LogP contribution is -2.33. The van der Waals surface area contributed by atoms with Gasteiger partial charge in [-0.25, -0.2) is 4.98 Å². The molecule has 0 radical (unpaired) electrons. The summed E-state index contributed by atoms with van der Waals surface area (Å²) in [5.41, 5.74) is 3.05. The Kier molecular flexibility index (Phi) is 4.88. The molecule has 1 N–H and O–H groups in total. The quantitative estimate of drug-likeness (QED) is 0.788. The van der Waals surface area contributed by atoms with E-state index in [2.05, 4.69) is 45.2 Å². The average Bonchev–Trinajstić information content (AvgIpc) is 2.70. The molecule has 132 valence electrons. The van der Waals surface area contributed by atoms with E-state index >= 15 is 0 Å². The van der Waals surface area contributed by atoms with Crippen LogP contribution >= 0.6 is 0 Å². The van der Waals surface area contributed by atoms with Gasteiger partial charge in [0.15, 0.2) is 0 Å². The minimum Gasteiger partial charge on any atom is -0.307 e. The minimum absolute atomic E-state index is 0.0893. The number of aromatic amines is 1. The Balaban J connectivity index is 1.46. The number of piperidine rings is 1. The van der Waals surface area contributed by atoms with Crippen LogP contribution in [-0.4, -0.2) is 32.9 Å². The number of hydrogen-bond acceptors (Lipinski definition) is 4. The predicted octanol–water partition coefficient (Wildman–Crippen LogP) is 3.21. The monoisotopic (exact) mass is 346 g/mol. The lowest BCUT2D eigenvalue weighted by Gasteiger charge is -2.31. The number of pyridine rings is 1. The molecule has 1 aliphatic heterocycles. The summed E-state index contributed by atoms with van der Waals surface area (Å²) in [6.45, 7) is 3.04. The van der Waals surface area contributed by atoms with Crippen LogP contribution in [0.5, 0.6) is 0 Å². The molecule has 4 rings (SSSR count). The van der Waals surface area contributed by atoms with Crippen molar-refractivity contribution in [2.45, 2.75) is 25.3 Å². The highest BCUT2D eigenvalue weighted by molar-refractivity contribution is 5.53. The van der Waals surface area contributed by atoms with Crippen molar-refractivity contribution in [1.82, 2.24) is 19.9 Å². The molecule has 3 aromatic rings. The topological polar surface area (TPSA) is 61.9 Å². The van der Waals surface area contributed by atoms with Gasteiger partial charge in [0.1, 0.15) is 5.82 Å². The Bertz CT molecular complexity index is 900. The van der Waals surface area contributed by atoms with E-state index in [-0.39, 0.29) is 5.56 Å². The molecule has 5 nitrogen and oxygen atoms in total. The van der Waals surface area contributed by atoms with E-state index in [1.807, 2.05) is 12.1 Å². The van der Waals surface area contributed by atoms with Crippen LogP contribution in [0.3, 0.4) is 0 Å². The summed E-state index contributed by atoms with van der Waals surface area (Å²) < 4.78 is 0. The van der Waals surface area contributed by atoms with Crippen molar-refractivity contribution in [2.24, 2.45) is 0 Å². The number of rotatable bonds is 4. The van der Waals surface area contributed by atoms with Crippen molar-refractivity contribution in [2.75, 3.05) is 13.1 Å². The summed E-state index contributed by atoms with van der Waals surface area (Å²) >= 11 is 0. The van der Waals surface area contributed by atoms with Gasteiger partial charge in [-0.1, -0.05) is 30.3 Å². The summed E-state index contributed by atoms with van der Waals surface area (Å²) in [5, 5.41) is 0. The Morgan fingerprint density at radius 3 is 2.50 bits per heavy atom. The lowest BCUT2D eigenvalue weighted by molar-refractivity contribution is 0.203. The van der Waals surface area contributed by atoms with Gasteiger partial charge in [-0.3, -0.25) is 14.7 Å². The third-order valence-electron chi connectivity index (χ3n) is 4.97. The van der Waals surface area contributed by atoms with Crippen LogP contribution in [0, 0.1) is 0 Å². The van der Waals surface area contributed by atoms with E-state index < -0.39 is 0 Å². The van der Waals surface area contributed by atoms with Crippen LogP contribution in [0.1, 0.15) is 30.0 Å². The standard InChI is InChI=1S/C21H22N4O/c26-20-14-19(23-21(24-20)18-6-10-22-11-7-18)17-8-12-25(13-9-17)15-16-4-2-1-3-5-16/h1-7,10-11,14,17H,8-9,12-13,15H2,(H,23,24,26). The largest absolute Gasteiger partial charge is 0.307 e. The zero-order chi connectivity index (χ0) is 17.8. The van der Waals surface area contributed by atoms with Crippen molar-refractivity contribution in [1.29, 1.82) is 0 Å². The van der Waals surface area contributed by atoms with Gasteiger partial charge in [0.05, 0.1) is 5.69 Å². The maximum atomic E-state index is 12.1. The van der Waals surface area contributed by atoms with Crippen molar-refractivity contribution in [3.05, 3.63) is 82.5 Å². The van der Waals surface area contributed by atoms with Gasteiger partial charge >= 0.3 is 0 Å². The van der Waals surface area contributed by atoms with Gasteiger partial charge in [-0.15, -0.1) is 0 Å². The molecule has 1 saturated heterocycles. The molecular weight excluding hydrogens is 324 g/mol. The van der Waals surface area contributed by atoms with Gasteiger partial charge in [0.2, 0.25) is 0 Å². The molecule has 1 fully saturated rings. The molecule has 0 spiro atoms. The SMILES string of the molecule is O=c1cc(C2CCN(Cc3ccccc3)CC2)nc(-c2ccncc2)[nH]1. The van der Waals surface area contributed by atoms with Gasteiger partial charge < -0.3 is 4.98 Å². The average molecular weight is 346 g/mol. The Morgan fingerprint density at radius 1 is 1.04 bits per heavy atom. The van der Waals surface area contributed by atoms with E-state index in [9.17, 15) is 4.79 Å². The molecule has 1 aromatic carbocycles. The number of nitrogens with one attached hydrogen (secondary N) is 1. The highest BCUT2D eigenvalue weighted by atomic mass is 16.1. The molecule has 2 aromatic heterocycles.